The summed E-state index contributed by atoms with van der Waals surface area (Å²) in [5, 5.41) is 3.93. The van der Waals surface area contributed by atoms with E-state index < -0.39 is 109 Å². The highest BCUT2D eigenvalue weighted by Gasteiger charge is 2.69. The summed E-state index contributed by atoms with van der Waals surface area (Å²) in [5.41, 5.74) is 11.9. The molecule has 8 rings (SSSR count). The second-order valence-electron chi connectivity index (χ2n) is 23.6. The van der Waals surface area contributed by atoms with Crippen molar-refractivity contribution in [3.8, 4) is 0 Å². The number of fused-ring (bicyclic) bond motifs is 2. The molecule has 17 nitrogen and oxygen atoms in total. The minimum atomic E-state index is -4.45. The molecular weight excluding hydrogens is 978 g/mol. The minimum Gasteiger partial charge on any atom is -0.457 e. The van der Waals surface area contributed by atoms with Gasteiger partial charge in [-0.15, -0.1) is 0 Å². The highest BCUT2D eigenvalue weighted by atomic mass is 31.2. The molecule has 2 spiro atoms. The number of hydrogen-bond donors (Lipinski definition) is 0. The number of benzene rings is 2. The van der Waals surface area contributed by atoms with Crippen molar-refractivity contribution in [2.45, 2.75) is 241 Å². The van der Waals surface area contributed by atoms with E-state index in [1.807, 2.05) is 60.7 Å². The summed E-state index contributed by atoms with van der Waals surface area (Å²) in [6.07, 6.45) is -2.10. The number of hydrogen-bond acceptors (Lipinski definition) is 15. The Labute approximate surface area is 428 Å². The fraction of sp³-hybridized carbons (Fsp3) is 0.750. The van der Waals surface area contributed by atoms with Crippen LogP contribution in [0.4, 0.5) is 0 Å². The Hall–Kier alpha value is -2.56. The quantitative estimate of drug-likeness (QED) is 0.0362. The van der Waals surface area contributed by atoms with Gasteiger partial charge in [0.2, 0.25) is 0 Å². The van der Waals surface area contributed by atoms with Crippen molar-refractivity contribution >= 4 is 30.4 Å². The SMILES string of the molecule is CC(=O)O[C@H]1[C@H](O[Si](C)(C)C(C)(C)C)[C@@H](N=[N+]=[N-])[C@@H](OC2[C@H]3OC4(CCCCC4)O[C@H]3C(OP(=O)(OCc3ccccc3)OCc3ccccc3)[C@@H]3OC4(CCCCC4)O[C@@H]23)O[C@@H]1CO[Si](C)(C)C(C)(C)C. The average molecular weight is 1060 g/mol. The predicted octanol–water partition coefficient (Wildman–Crippen LogP) is 11.9. The second-order valence-corrected chi connectivity index (χ2v) is 34.8. The summed E-state index contributed by atoms with van der Waals surface area (Å²) in [5.74, 6) is -2.60. The zero-order valence-electron chi connectivity index (χ0n) is 44.3. The number of nitrogens with zero attached hydrogens (tertiary/aromatic N) is 3. The average Bonchev–Trinajstić information content (AvgIpc) is 3.88. The van der Waals surface area contributed by atoms with Gasteiger partial charge in [0.05, 0.1) is 25.9 Å². The fourth-order valence-electron chi connectivity index (χ4n) is 10.3. The maximum atomic E-state index is 15.4. The summed E-state index contributed by atoms with van der Waals surface area (Å²) >= 11 is 0. The number of phosphoric ester groups is 1. The van der Waals surface area contributed by atoms with Crippen molar-refractivity contribution in [1.82, 2.24) is 0 Å². The van der Waals surface area contributed by atoms with Gasteiger partial charge >= 0.3 is 13.8 Å². The number of carbonyl (C=O) groups is 1. The summed E-state index contributed by atoms with van der Waals surface area (Å²) in [6, 6.07) is 17.7. The molecular formula is C52H80N3O14PSi2. The molecule has 3 aliphatic carbocycles. The van der Waals surface area contributed by atoms with Crippen molar-refractivity contribution in [2.24, 2.45) is 5.11 Å². The molecule has 20 heteroatoms. The van der Waals surface area contributed by atoms with E-state index >= 15 is 4.57 Å². The molecule has 0 radical (unpaired) electrons. The van der Waals surface area contributed by atoms with Crippen molar-refractivity contribution < 1.29 is 64.9 Å². The maximum absolute atomic E-state index is 15.4. The molecule has 2 unspecified atom stereocenters. The Balaban J connectivity index is 1.21. The second kappa shape index (κ2) is 22.2. The Morgan fingerprint density at radius 1 is 0.694 bits per heavy atom. The van der Waals surface area contributed by atoms with E-state index in [0.717, 1.165) is 49.7 Å². The van der Waals surface area contributed by atoms with Gasteiger partial charge in [-0.1, -0.05) is 120 Å². The highest BCUT2D eigenvalue weighted by molar-refractivity contribution is 7.48. The van der Waals surface area contributed by atoms with Gasteiger partial charge in [-0.25, -0.2) is 4.57 Å². The van der Waals surface area contributed by atoms with Gasteiger partial charge in [0, 0.05) is 37.5 Å². The van der Waals surface area contributed by atoms with Crippen molar-refractivity contribution in [2.75, 3.05) is 6.61 Å². The standard InChI is InChI=1S/C52H80N3O14PSi2/c1-35(56)61-40-38(34-60-71(8,9)49(2,3)4)62-48(39(54-55-53)41(40)69-72(10,11)50(5,6)7)63-42-43-45(66-51(64-43)28-20-14-21-29-51)47(46-44(42)65-52(67-46)30-22-15-23-31-52)68-70(57,58-32-36-24-16-12-17-25-36)59-33-37-26-18-13-19-27-37/h12-13,16-19,24-27,38-48H,14-15,20-23,28-34H2,1-11H3/t38-,39-,40-,41-,42?,43-,44+,45-,46-,47?,48-/m1/s1. The number of azide groups is 1. The molecule has 11 atom stereocenters. The Morgan fingerprint density at radius 2 is 1.15 bits per heavy atom. The first-order valence-corrected chi connectivity index (χ1v) is 33.4. The number of esters is 1. The lowest BCUT2D eigenvalue weighted by Gasteiger charge is -2.51. The van der Waals surface area contributed by atoms with E-state index in [1.165, 1.54) is 6.92 Å². The first-order chi connectivity index (χ1) is 34.0. The normalized spacial score (nSPS) is 31.7. The van der Waals surface area contributed by atoms with Gasteiger partial charge in [0.25, 0.3) is 0 Å². The van der Waals surface area contributed by atoms with Crippen molar-refractivity contribution in [1.29, 1.82) is 0 Å². The fourth-order valence-corrected chi connectivity index (χ4v) is 14.0. The summed E-state index contributed by atoms with van der Waals surface area (Å²) < 4.78 is 98.1. The molecule has 6 fully saturated rings. The van der Waals surface area contributed by atoms with E-state index in [1.54, 1.807) is 0 Å². The lowest BCUT2D eigenvalue weighted by Crippen LogP contribution is -2.67. The Morgan fingerprint density at radius 3 is 1.58 bits per heavy atom. The molecule has 3 saturated carbocycles. The molecule has 72 heavy (non-hydrogen) atoms. The molecule has 400 valence electrons. The van der Waals surface area contributed by atoms with Crippen molar-refractivity contribution in [3.63, 3.8) is 0 Å². The van der Waals surface area contributed by atoms with E-state index in [2.05, 4.69) is 77.8 Å². The van der Waals surface area contributed by atoms with Crippen molar-refractivity contribution in [3.05, 3.63) is 82.2 Å². The number of phosphoric acid groups is 1. The zero-order chi connectivity index (χ0) is 51.7. The molecule has 2 aromatic carbocycles. The molecule has 0 bridgehead atoms. The Kier molecular flexibility index (Phi) is 17.2. The van der Waals surface area contributed by atoms with E-state index in [4.69, 9.17) is 55.6 Å². The highest BCUT2D eigenvalue weighted by Crippen LogP contribution is 2.59. The lowest BCUT2D eigenvalue weighted by molar-refractivity contribution is -0.305. The number of rotatable bonds is 17. The topological polar surface area (TPSA) is 194 Å². The first kappa shape index (κ1) is 55.7. The van der Waals surface area contributed by atoms with Crippen LogP contribution in [0.1, 0.15) is 124 Å². The van der Waals surface area contributed by atoms with Gasteiger partial charge in [0.15, 0.2) is 40.6 Å². The van der Waals surface area contributed by atoms with E-state index in [9.17, 15) is 10.3 Å². The van der Waals surface area contributed by atoms with Crippen LogP contribution in [0, 0.1) is 0 Å². The zero-order valence-corrected chi connectivity index (χ0v) is 47.2. The van der Waals surface area contributed by atoms with Crippen LogP contribution in [0.5, 0.6) is 0 Å². The molecule has 3 aliphatic heterocycles. The predicted molar refractivity (Wildman–Crippen MR) is 273 cm³/mol. The largest absolute Gasteiger partial charge is 0.475 e. The summed E-state index contributed by atoms with van der Waals surface area (Å²) in [4.78, 5) is 16.4. The molecule has 0 N–H and O–H groups in total. The number of carbonyl (C=O) groups excluding carboxylic acids is 1. The number of ether oxygens (including phenoxy) is 7. The van der Waals surface area contributed by atoms with E-state index in [0.29, 0.717) is 25.7 Å². The van der Waals surface area contributed by atoms with Crippen LogP contribution < -0.4 is 0 Å². The van der Waals surface area contributed by atoms with Gasteiger partial charge in [-0.3, -0.25) is 18.4 Å². The van der Waals surface area contributed by atoms with Gasteiger partial charge in [-0.2, -0.15) is 0 Å². The van der Waals surface area contributed by atoms with Gasteiger partial charge in [-0.05, 0) is 78.6 Å². The summed E-state index contributed by atoms with van der Waals surface area (Å²) in [6.45, 7) is 22.6. The van der Waals surface area contributed by atoms with Crippen LogP contribution in [0.25, 0.3) is 10.4 Å². The smallest absolute Gasteiger partial charge is 0.457 e. The molecule has 0 aromatic heterocycles. The molecule has 3 saturated heterocycles. The van der Waals surface area contributed by atoms with Gasteiger partial charge in [0.1, 0.15) is 48.8 Å². The third-order valence-electron chi connectivity index (χ3n) is 16.3. The lowest BCUT2D eigenvalue weighted by atomic mass is 9.84. The monoisotopic (exact) mass is 1060 g/mol. The van der Waals surface area contributed by atoms with Crippen LogP contribution in [0.3, 0.4) is 0 Å². The molecule has 0 amide bonds. The molecule has 2 aromatic rings. The van der Waals surface area contributed by atoms with Gasteiger partial charge < -0.3 is 42.0 Å². The molecule has 6 aliphatic rings. The first-order valence-electron chi connectivity index (χ1n) is 26.2. The van der Waals surface area contributed by atoms with Crippen LogP contribution in [0.2, 0.25) is 36.3 Å². The van der Waals surface area contributed by atoms with Crippen LogP contribution in [-0.4, -0.2) is 108 Å². The van der Waals surface area contributed by atoms with Crippen LogP contribution >= 0.6 is 7.82 Å². The molecule has 3 heterocycles. The minimum absolute atomic E-state index is 0.0417. The summed E-state index contributed by atoms with van der Waals surface area (Å²) in [7, 11) is -9.59. The Bertz CT molecular complexity index is 2140. The third kappa shape index (κ3) is 12.5. The van der Waals surface area contributed by atoms with Crippen LogP contribution in [-0.2, 0) is 78.2 Å². The third-order valence-corrected chi connectivity index (χ3v) is 26.7. The van der Waals surface area contributed by atoms with E-state index in [-0.39, 0.29) is 29.9 Å². The maximum Gasteiger partial charge on any atom is 0.475 e. The van der Waals surface area contributed by atoms with Crippen LogP contribution in [0.15, 0.2) is 65.8 Å².